The fourth-order valence-corrected chi connectivity index (χ4v) is 6.96. The van der Waals surface area contributed by atoms with Crippen LogP contribution in [0.4, 0.5) is 18.9 Å². The molecule has 0 spiro atoms. The number of aromatic nitrogens is 2. The Morgan fingerprint density at radius 2 is 1.91 bits per heavy atom. The zero-order valence-electron chi connectivity index (χ0n) is 18.2. The third-order valence-corrected chi connectivity index (χ3v) is 8.90. The molecule has 3 atom stereocenters. The highest BCUT2D eigenvalue weighted by molar-refractivity contribution is 7.89. The Morgan fingerprint density at radius 1 is 1.21 bits per heavy atom. The van der Waals surface area contributed by atoms with Gasteiger partial charge >= 0.3 is 6.18 Å². The molecule has 1 aliphatic heterocycles. The maximum Gasteiger partial charge on any atom is 0.416 e. The minimum atomic E-state index is -4.61. The van der Waals surface area contributed by atoms with Gasteiger partial charge in [-0.1, -0.05) is 6.07 Å². The predicted octanol–water partition coefficient (Wildman–Crippen LogP) is 3.99. The topological polar surface area (TPSA) is 93.1 Å². The van der Waals surface area contributed by atoms with Crippen molar-refractivity contribution in [1.82, 2.24) is 14.3 Å². The van der Waals surface area contributed by atoms with Crippen molar-refractivity contribution in [2.45, 2.75) is 30.0 Å². The minimum Gasteiger partial charge on any atom is -0.370 e. The summed E-state index contributed by atoms with van der Waals surface area (Å²) in [7, 11) is -2.09. The molecule has 7 nitrogen and oxygen atoms in total. The first kappa shape index (κ1) is 22.7. The van der Waals surface area contributed by atoms with Crippen LogP contribution in [0.25, 0.3) is 11.0 Å². The van der Waals surface area contributed by atoms with Crippen molar-refractivity contribution in [2.24, 2.45) is 11.8 Å². The number of alkyl halides is 3. The molecule has 2 aliphatic rings. The zero-order valence-corrected chi connectivity index (χ0v) is 19.1. The van der Waals surface area contributed by atoms with Crippen molar-refractivity contribution >= 4 is 26.7 Å². The van der Waals surface area contributed by atoms with Gasteiger partial charge in [0.1, 0.15) is 11.7 Å². The van der Waals surface area contributed by atoms with Crippen LogP contribution in [0.5, 0.6) is 0 Å². The molecule has 5 rings (SSSR count). The minimum absolute atomic E-state index is 0.0992. The molecule has 1 saturated heterocycles. The van der Waals surface area contributed by atoms with E-state index in [-0.39, 0.29) is 35.9 Å². The molecule has 1 saturated carbocycles. The van der Waals surface area contributed by atoms with Gasteiger partial charge in [0, 0.05) is 44.0 Å². The molecule has 3 aromatic rings. The molecule has 34 heavy (non-hydrogen) atoms. The molecular weight excluding hydrogens is 467 g/mol. The molecule has 1 N–H and O–H groups in total. The van der Waals surface area contributed by atoms with Crippen LogP contribution < -0.4 is 4.90 Å². The van der Waals surface area contributed by atoms with Crippen LogP contribution in [0, 0.1) is 23.2 Å². The van der Waals surface area contributed by atoms with Gasteiger partial charge in [-0.15, -0.1) is 0 Å². The lowest BCUT2D eigenvalue weighted by atomic mass is 10.0. The molecule has 178 valence electrons. The van der Waals surface area contributed by atoms with E-state index >= 15 is 0 Å². The average Bonchev–Trinajstić information content (AvgIpc) is 3.52. The van der Waals surface area contributed by atoms with Gasteiger partial charge in [0.15, 0.2) is 0 Å². The normalized spacial score (nSPS) is 23.2. The average molecular weight is 490 g/mol. The lowest BCUT2D eigenvalue weighted by Gasteiger charge is -2.29. The van der Waals surface area contributed by atoms with Gasteiger partial charge in [0.25, 0.3) is 0 Å². The standard InChI is InChI=1S/C23H22F3N5O2S/c1-30(21-16(10-27)11-29-22-20(21)5-6-28-22)18-7-14-12-31(13-15(14)8-18)34(32,33)19-4-2-3-17(9-19)23(24,25)26/h2-6,9,11,14-15,18H,7-8,12-13H2,1H3,(H,28,29)/t14-,15+,18?. The van der Waals surface area contributed by atoms with Gasteiger partial charge in [-0.2, -0.15) is 22.7 Å². The van der Waals surface area contributed by atoms with Crippen LogP contribution in [-0.4, -0.2) is 48.9 Å². The number of aromatic amines is 1. The Bertz CT molecular complexity index is 1380. The van der Waals surface area contributed by atoms with E-state index < -0.39 is 21.8 Å². The summed E-state index contributed by atoms with van der Waals surface area (Å²) in [5.41, 5.74) is 0.987. The van der Waals surface area contributed by atoms with E-state index in [4.69, 9.17) is 0 Å². The maximum absolute atomic E-state index is 13.1. The van der Waals surface area contributed by atoms with E-state index in [0.717, 1.165) is 36.0 Å². The van der Waals surface area contributed by atoms with Crippen LogP contribution in [0.2, 0.25) is 0 Å². The number of H-pyrrole nitrogens is 1. The lowest BCUT2D eigenvalue weighted by Crippen LogP contribution is -2.34. The largest absolute Gasteiger partial charge is 0.416 e. The van der Waals surface area contributed by atoms with E-state index in [9.17, 15) is 26.9 Å². The summed E-state index contributed by atoms with van der Waals surface area (Å²) in [5.74, 6) is 0.198. The highest BCUT2D eigenvalue weighted by atomic mass is 32.2. The number of pyridine rings is 1. The number of fused-ring (bicyclic) bond motifs is 2. The Morgan fingerprint density at radius 3 is 2.56 bits per heavy atom. The highest BCUT2D eigenvalue weighted by Crippen LogP contribution is 2.44. The number of benzene rings is 1. The zero-order chi connectivity index (χ0) is 24.3. The van der Waals surface area contributed by atoms with E-state index in [0.29, 0.717) is 17.3 Å². The number of nitrogens with one attached hydrogen (secondary N) is 1. The molecule has 0 amide bonds. The van der Waals surface area contributed by atoms with Gasteiger partial charge in [0.2, 0.25) is 10.0 Å². The Hall–Kier alpha value is -3.10. The smallest absolute Gasteiger partial charge is 0.370 e. The monoisotopic (exact) mass is 489 g/mol. The summed E-state index contributed by atoms with van der Waals surface area (Å²) < 4.78 is 66.7. The quantitative estimate of drug-likeness (QED) is 0.598. The SMILES string of the molecule is CN(c1c(C#N)cnc2[nH]ccc12)C1C[C@@H]2CN(S(=O)(=O)c3cccc(C(F)(F)F)c3)C[C@@H]2C1. The maximum atomic E-state index is 13.1. The number of sulfonamides is 1. The first-order valence-electron chi connectivity index (χ1n) is 10.9. The van der Waals surface area contributed by atoms with Crippen molar-refractivity contribution in [2.75, 3.05) is 25.0 Å². The van der Waals surface area contributed by atoms with Crippen LogP contribution in [0.3, 0.4) is 0 Å². The van der Waals surface area contributed by atoms with Crippen molar-refractivity contribution in [3.05, 3.63) is 53.9 Å². The summed E-state index contributed by atoms with van der Waals surface area (Å²) in [6.45, 7) is 0.545. The van der Waals surface area contributed by atoms with E-state index in [1.54, 1.807) is 12.4 Å². The Labute approximate surface area is 194 Å². The Kier molecular flexibility index (Phi) is 5.33. The second-order valence-electron chi connectivity index (χ2n) is 8.98. The van der Waals surface area contributed by atoms with E-state index in [2.05, 4.69) is 20.9 Å². The second kappa shape index (κ2) is 7.99. The molecule has 1 unspecified atom stereocenters. The molecule has 2 aromatic heterocycles. The Balaban J connectivity index is 1.34. The fraction of sp³-hybridized carbons (Fsp3) is 0.391. The predicted molar refractivity (Wildman–Crippen MR) is 119 cm³/mol. The van der Waals surface area contributed by atoms with Crippen LogP contribution in [0.15, 0.2) is 47.6 Å². The molecule has 0 radical (unpaired) electrons. The summed E-state index contributed by atoms with van der Waals surface area (Å²) in [5, 5.41) is 10.5. The second-order valence-corrected chi connectivity index (χ2v) is 10.9. The number of hydrogen-bond acceptors (Lipinski definition) is 5. The fourth-order valence-electron chi connectivity index (χ4n) is 5.36. The van der Waals surface area contributed by atoms with E-state index in [1.165, 1.54) is 10.4 Å². The van der Waals surface area contributed by atoms with Gasteiger partial charge in [-0.05, 0) is 48.9 Å². The molecule has 3 heterocycles. The molecule has 1 aliphatic carbocycles. The van der Waals surface area contributed by atoms with Crippen molar-refractivity contribution in [3.8, 4) is 6.07 Å². The van der Waals surface area contributed by atoms with E-state index in [1.807, 2.05) is 13.1 Å². The molecule has 2 fully saturated rings. The summed E-state index contributed by atoms with van der Waals surface area (Å²) in [4.78, 5) is 9.09. The summed E-state index contributed by atoms with van der Waals surface area (Å²) in [6, 6.07) is 8.11. The van der Waals surface area contributed by atoms with Crippen molar-refractivity contribution in [3.63, 3.8) is 0 Å². The lowest BCUT2D eigenvalue weighted by molar-refractivity contribution is -0.137. The number of nitriles is 1. The molecule has 11 heteroatoms. The van der Waals surface area contributed by atoms with Gasteiger partial charge in [-0.3, -0.25) is 0 Å². The van der Waals surface area contributed by atoms with Crippen LogP contribution in [-0.2, 0) is 16.2 Å². The van der Waals surface area contributed by atoms with Crippen molar-refractivity contribution in [1.29, 1.82) is 5.26 Å². The summed E-state index contributed by atoms with van der Waals surface area (Å²) in [6.07, 6.45) is 0.175. The first-order valence-corrected chi connectivity index (χ1v) is 12.3. The third kappa shape index (κ3) is 3.71. The van der Waals surface area contributed by atoms with Crippen molar-refractivity contribution < 1.29 is 21.6 Å². The number of anilines is 1. The van der Waals surface area contributed by atoms with Crippen LogP contribution in [0.1, 0.15) is 24.0 Å². The molecule has 1 aromatic carbocycles. The van der Waals surface area contributed by atoms with Gasteiger partial charge in [-0.25, -0.2) is 13.4 Å². The van der Waals surface area contributed by atoms with Crippen LogP contribution >= 0.6 is 0 Å². The molecular formula is C23H22F3N5O2S. The van der Waals surface area contributed by atoms with Gasteiger partial charge in [0.05, 0.1) is 21.7 Å². The van der Waals surface area contributed by atoms with Gasteiger partial charge < -0.3 is 9.88 Å². The number of hydrogen-bond donors (Lipinski definition) is 1. The molecule has 0 bridgehead atoms. The summed E-state index contributed by atoms with van der Waals surface area (Å²) >= 11 is 0. The number of rotatable bonds is 4. The third-order valence-electron chi connectivity index (χ3n) is 7.07. The number of halogens is 3. The first-order chi connectivity index (χ1) is 16.1. The highest BCUT2D eigenvalue weighted by Gasteiger charge is 2.46. The number of nitrogens with zero attached hydrogens (tertiary/aromatic N) is 4.